The lowest BCUT2D eigenvalue weighted by atomic mass is 10.2. The first-order valence-electron chi connectivity index (χ1n) is 11.4. The van der Waals surface area contributed by atoms with Crippen LogP contribution >= 0.6 is 0 Å². The Kier molecular flexibility index (Phi) is 6.64. The van der Waals surface area contributed by atoms with Gasteiger partial charge in [0.25, 0.3) is 0 Å². The molecule has 0 spiro atoms. The van der Waals surface area contributed by atoms with Gasteiger partial charge in [0.15, 0.2) is 0 Å². The van der Waals surface area contributed by atoms with Gasteiger partial charge in [-0.3, -0.25) is 4.79 Å². The van der Waals surface area contributed by atoms with Crippen molar-refractivity contribution in [3.63, 3.8) is 0 Å². The van der Waals surface area contributed by atoms with Gasteiger partial charge in [0.05, 0.1) is 15.9 Å². The quantitative estimate of drug-likeness (QED) is 0.675. The van der Waals surface area contributed by atoms with Crippen LogP contribution in [0.4, 0.5) is 0 Å². The van der Waals surface area contributed by atoms with Crippen molar-refractivity contribution in [1.29, 1.82) is 0 Å². The number of hydrogen-bond donors (Lipinski definition) is 0. The minimum Gasteiger partial charge on any atom is -0.340 e. The van der Waals surface area contributed by atoms with E-state index in [1.54, 1.807) is 16.4 Å². The van der Waals surface area contributed by atoms with E-state index in [4.69, 9.17) is 0 Å². The standard InChI is InChI=1S/C22H33N5O3S/c1-3-25-13-15-26(16-14-25)22(28)10-9-21-23-19-17-18(7-8-20(19)24(21)2)31(29,30)27-11-5-4-6-12-27/h7-8,17H,3-6,9-16H2,1-2H3. The van der Waals surface area contributed by atoms with Gasteiger partial charge in [-0.2, -0.15) is 4.31 Å². The summed E-state index contributed by atoms with van der Waals surface area (Å²) in [4.78, 5) is 21.9. The van der Waals surface area contributed by atoms with Gasteiger partial charge >= 0.3 is 0 Å². The Morgan fingerprint density at radius 1 is 1.03 bits per heavy atom. The van der Waals surface area contributed by atoms with Gasteiger partial charge in [-0.05, 0) is 37.6 Å². The van der Waals surface area contributed by atoms with Crippen molar-refractivity contribution in [3.8, 4) is 0 Å². The number of nitrogens with zero attached hydrogens (tertiary/aromatic N) is 5. The van der Waals surface area contributed by atoms with Crippen molar-refractivity contribution in [1.82, 2.24) is 23.7 Å². The highest BCUT2D eigenvalue weighted by atomic mass is 32.2. The van der Waals surface area contributed by atoms with Crippen LogP contribution < -0.4 is 0 Å². The molecule has 0 radical (unpaired) electrons. The molecule has 8 nitrogen and oxygen atoms in total. The largest absolute Gasteiger partial charge is 0.340 e. The van der Waals surface area contributed by atoms with Crippen LogP contribution in [0.5, 0.6) is 0 Å². The van der Waals surface area contributed by atoms with Gasteiger partial charge in [0, 0.05) is 59.2 Å². The second-order valence-electron chi connectivity index (χ2n) is 8.52. The Labute approximate surface area is 184 Å². The van der Waals surface area contributed by atoms with Crippen molar-refractivity contribution in [2.75, 3.05) is 45.8 Å². The normalized spacial score (nSPS) is 19.2. The van der Waals surface area contributed by atoms with Crippen LogP contribution in [-0.2, 0) is 28.3 Å². The topological polar surface area (TPSA) is 78.8 Å². The van der Waals surface area contributed by atoms with Gasteiger partial charge in [0.1, 0.15) is 5.82 Å². The van der Waals surface area contributed by atoms with Crippen molar-refractivity contribution >= 4 is 27.0 Å². The first kappa shape index (κ1) is 22.2. The predicted molar refractivity (Wildman–Crippen MR) is 120 cm³/mol. The van der Waals surface area contributed by atoms with E-state index in [0.717, 1.165) is 63.3 Å². The summed E-state index contributed by atoms with van der Waals surface area (Å²) >= 11 is 0. The SMILES string of the molecule is CCN1CCN(C(=O)CCc2nc3cc(S(=O)(=O)N4CCCCC4)ccc3n2C)CC1. The number of carbonyl (C=O) groups is 1. The highest BCUT2D eigenvalue weighted by Gasteiger charge is 2.27. The maximum atomic E-state index is 13.0. The van der Waals surface area contributed by atoms with E-state index < -0.39 is 10.0 Å². The Bertz CT molecular complexity index is 1030. The fraction of sp³-hybridized carbons (Fsp3) is 0.636. The molecule has 3 heterocycles. The third-order valence-electron chi connectivity index (χ3n) is 6.63. The minimum atomic E-state index is -3.48. The Balaban J connectivity index is 1.46. The molecule has 9 heteroatoms. The second-order valence-corrected chi connectivity index (χ2v) is 10.5. The molecule has 0 N–H and O–H groups in total. The number of piperidine rings is 1. The first-order chi connectivity index (χ1) is 14.9. The monoisotopic (exact) mass is 447 g/mol. The summed E-state index contributed by atoms with van der Waals surface area (Å²) in [5.41, 5.74) is 1.55. The number of rotatable bonds is 6. The lowest BCUT2D eigenvalue weighted by molar-refractivity contribution is -0.132. The molecule has 2 fully saturated rings. The summed E-state index contributed by atoms with van der Waals surface area (Å²) in [6.07, 6.45) is 3.88. The van der Waals surface area contributed by atoms with E-state index >= 15 is 0 Å². The lowest BCUT2D eigenvalue weighted by Crippen LogP contribution is -2.48. The van der Waals surface area contributed by atoms with E-state index in [1.807, 2.05) is 22.6 Å². The van der Waals surface area contributed by atoms with E-state index in [-0.39, 0.29) is 5.91 Å². The van der Waals surface area contributed by atoms with Crippen LogP contribution in [0.3, 0.4) is 0 Å². The fourth-order valence-corrected chi connectivity index (χ4v) is 6.10. The highest BCUT2D eigenvalue weighted by Crippen LogP contribution is 2.25. The van der Waals surface area contributed by atoms with Crippen LogP contribution in [0.15, 0.2) is 23.1 Å². The smallest absolute Gasteiger partial charge is 0.243 e. The number of benzene rings is 1. The van der Waals surface area contributed by atoms with Gasteiger partial charge in [-0.25, -0.2) is 13.4 Å². The van der Waals surface area contributed by atoms with E-state index in [1.165, 1.54) is 0 Å². The van der Waals surface area contributed by atoms with E-state index in [2.05, 4.69) is 16.8 Å². The maximum absolute atomic E-state index is 13.0. The van der Waals surface area contributed by atoms with Crippen molar-refractivity contribution < 1.29 is 13.2 Å². The van der Waals surface area contributed by atoms with Crippen LogP contribution in [0.25, 0.3) is 11.0 Å². The number of piperazine rings is 1. The zero-order chi connectivity index (χ0) is 22.0. The van der Waals surface area contributed by atoms with Crippen LogP contribution in [0.2, 0.25) is 0 Å². The van der Waals surface area contributed by atoms with Crippen molar-refractivity contribution in [2.45, 2.75) is 43.9 Å². The molecule has 0 bridgehead atoms. The van der Waals surface area contributed by atoms with Gasteiger partial charge in [-0.1, -0.05) is 13.3 Å². The Hall–Kier alpha value is -1.97. The first-order valence-corrected chi connectivity index (χ1v) is 12.8. The Morgan fingerprint density at radius 2 is 1.74 bits per heavy atom. The molecular weight excluding hydrogens is 414 g/mol. The maximum Gasteiger partial charge on any atom is 0.243 e. The molecule has 0 aliphatic carbocycles. The molecule has 1 aromatic heterocycles. The van der Waals surface area contributed by atoms with E-state index in [0.29, 0.717) is 36.3 Å². The lowest BCUT2D eigenvalue weighted by Gasteiger charge is -2.34. The van der Waals surface area contributed by atoms with E-state index in [9.17, 15) is 13.2 Å². The summed E-state index contributed by atoms with van der Waals surface area (Å²) in [5, 5.41) is 0. The number of imidazole rings is 1. The van der Waals surface area contributed by atoms with Crippen molar-refractivity contribution in [2.24, 2.45) is 7.05 Å². The molecule has 4 rings (SSSR count). The number of carbonyl (C=O) groups excluding carboxylic acids is 1. The summed E-state index contributed by atoms with van der Waals surface area (Å²) in [6.45, 7) is 7.78. The second kappa shape index (κ2) is 9.26. The molecule has 0 unspecified atom stereocenters. The number of aryl methyl sites for hydroxylation is 2. The summed E-state index contributed by atoms with van der Waals surface area (Å²) in [6, 6.07) is 5.18. The number of fused-ring (bicyclic) bond motifs is 1. The fourth-order valence-electron chi connectivity index (χ4n) is 4.56. The molecule has 2 aromatic rings. The van der Waals surface area contributed by atoms with Crippen molar-refractivity contribution in [3.05, 3.63) is 24.0 Å². The molecule has 2 aliphatic heterocycles. The average molecular weight is 448 g/mol. The number of aromatic nitrogens is 2. The zero-order valence-corrected chi connectivity index (χ0v) is 19.4. The average Bonchev–Trinajstić information content (AvgIpc) is 3.13. The third-order valence-corrected chi connectivity index (χ3v) is 8.53. The number of sulfonamides is 1. The minimum absolute atomic E-state index is 0.163. The molecular formula is C22H33N5O3S. The van der Waals surface area contributed by atoms with Gasteiger partial charge in [-0.15, -0.1) is 0 Å². The number of hydrogen-bond acceptors (Lipinski definition) is 5. The van der Waals surface area contributed by atoms with Gasteiger partial charge in [0.2, 0.25) is 15.9 Å². The molecule has 31 heavy (non-hydrogen) atoms. The third kappa shape index (κ3) is 4.63. The summed E-state index contributed by atoms with van der Waals surface area (Å²) < 4.78 is 29.5. The molecule has 1 amide bonds. The number of amides is 1. The summed E-state index contributed by atoms with van der Waals surface area (Å²) in [5.74, 6) is 0.972. The Morgan fingerprint density at radius 3 is 2.42 bits per heavy atom. The molecule has 0 atom stereocenters. The molecule has 2 aliphatic rings. The molecule has 170 valence electrons. The van der Waals surface area contributed by atoms with Crippen LogP contribution in [0.1, 0.15) is 38.4 Å². The predicted octanol–water partition coefficient (Wildman–Crippen LogP) is 1.84. The van der Waals surface area contributed by atoms with Gasteiger partial charge < -0.3 is 14.4 Å². The van der Waals surface area contributed by atoms with Crippen LogP contribution in [0, 0.1) is 0 Å². The highest BCUT2D eigenvalue weighted by molar-refractivity contribution is 7.89. The number of likely N-dealkylation sites (N-methyl/N-ethyl adjacent to an activating group) is 1. The molecule has 0 saturated carbocycles. The molecule has 2 saturated heterocycles. The molecule has 1 aromatic carbocycles. The summed E-state index contributed by atoms with van der Waals surface area (Å²) in [7, 11) is -1.56. The zero-order valence-electron chi connectivity index (χ0n) is 18.6. The van der Waals surface area contributed by atoms with Crippen LogP contribution in [-0.4, -0.2) is 83.8 Å².